The summed E-state index contributed by atoms with van der Waals surface area (Å²) in [6.07, 6.45) is 5.99. The van der Waals surface area contributed by atoms with E-state index in [4.69, 9.17) is 15.7 Å². The molecule has 34 heavy (non-hydrogen) atoms. The fourth-order valence-corrected chi connectivity index (χ4v) is 5.20. The van der Waals surface area contributed by atoms with Gasteiger partial charge in [-0.1, -0.05) is 19.9 Å². The first-order valence-corrected chi connectivity index (χ1v) is 12.2. The van der Waals surface area contributed by atoms with Gasteiger partial charge in [-0.05, 0) is 50.8 Å². The number of pyridine rings is 2. The molecule has 3 aromatic rings. The van der Waals surface area contributed by atoms with E-state index >= 15 is 0 Å². The normalized spacial score (nSPS) is 17.8. The number of nitrogens with zero attached hydrogens (tertiary/aromatic N) is 7. The van der Waals surface area contributed by atoms with Gasteiger partial charge < -0.3 is 15.2 Å². The Balaban J connectivity index is 1.49. The number of fused-ring (bicyclic) bond motifs is 1. The van der Waals surface area contributed by atoms with Crippen molar-refractivity contribution in [3.05, 3.63) is 47.4 Å². The zero-order valence-corrected chi connectivity index (χ0v) is 20.1. The van der Waals surface area contributed by atoms with E-state index in [1.807, 2.05) is 24.3 Å². The van der Waals surface area contributed by atoms with Crippen LogP contribution >= 0.6 is 0 Å². The van der Waals surface area contributed by atoms with Crippen LogP contribution in [0.5, 0.6) is 0 Å². The molecule has 0 saturated carbocycles. The molecule has 0 unspecified atom stereocenters. The highest BCUT2D eigenvalue weighted by molar-refractivity contribution is 6.10. The van der Waals surface area contributed by atoms with Crippen LogP contribution in [0.1, 0.15) is 74.1 Å². The molecule has 1 atom stereocenters. The third kappa shape index (κ3) is 3.73. The lowest BCUT2D eigenvalue weighted by molar-refractivity contribution is 0.0996. The van der Waals surface area contributed by atoms with Crippen molar-refractivity contribution in [3.63, 3.8) is 0 Å². The highest BCUT2D eigenvalue weighted by atomic mass is 16.2. The van der Waals surface area contributed by atoms with Crippen molar-refractivity contribution in [1.82, 2.24) is 24.7 Å². The number of anilines is 2. The number of rotatable bonds is 7. The maximum atomic E-state index is 13.5. The van der Waals surface area contributed by atoms with Crippen LogP contribution in [0.2, 0.25) is 0 Å². The molecule has 0 bridgehead atoms. The van der Waals surface area contributed by atoms with Crippen LogP contribution in [-0.4, -0.2) is 43.2 Å². The highest BCUT2D eigenvalue weighted by Gasteiger charge is 2.34. The minimum absolute atomic E-state index is 0.0636. The molecule has 0 aromatic carbocycles. The molecule has 1 fully saturated rings. The van der Waals surface area contributed by atoms with Crippen molar-refractivity contribution in [1.29, 1.82) is 0 Å². The number of carbonyl (C=O) groups is 1. The van der Waals surface area contributed by atoms with Gasteiger partial charge in [-0.2, -0.15) is 0 Å². The lowest BCUT2D eigenvalue weighted by Crippen LogP contribution is -2.28. The van der Waals surface area contributed by atoms with Crippen molar-refractivity contribution in [2.24, 2.45) is 5.73 Å². The summed E-state index contributed by atoms with van der Waals surface area (Å²) >= 11 is 0. The molecule has 9 nitrogen and oxygen atoms in total. The summed E-state index contributed by atoms with van der Waals surface area (Å²) in [5, 5.41) is 8.47. The second-order valence-electron chi connectivity index (χ2n) is 9.15. The first-order chi connectivity index (χ1) is 16.5. The number of amides is 1. The number of nitrogens with two attached hydrogens (primary N) is 1. The number of hydrogen-bond donors (Lipinski definition) is 1. The van der Waals surface area contributed by atoms with E-state index in [1.54, 1.807) is 11.2 Å². The number of aromatic nitrogens is 5. The summed E-state index contributed by atoms with van der Waals surface area (Å²) in [7, 11) is 0. The van der Waals surface area contributed by atoms with E-state index in [2.05, 4.69) is 40.4 Å². The van der Waals surface area contributed by atoms with E-state index in [0.717, 1.165) is 49.3 Å². The Morgan fingerprint density at radius 1 is 1.18 bits per heavy atom. The lowest BCUT2D eigenvalue weighted by atomic mass is 10.1. The molecule has 2 aliphatic heterocycles. The van der Waals surface area contributed by atoms with Crippen LogP contribution in [0.4, 0.5) is 11.6 Å². The van der Waals surface area contributed by atoms with Crippen LogP contribution in [0.15, 0.2) is 30.6 Å². The molecule has 0 radical (unpaired) electrons. The van der Waals surface area contributed by atoms with Gasteiger partial charge in [0.05, 0.1) is 17.8 Å². The standard InChI is InChI=1S/C25H32N8O/c1-4-17(5-2)33-15-27-30-24(33)20-9-6-10-22(28-20)32-14-19-18(25(32)34)12-23(29-21(19)13-26)31-11-7-8-16(31)3/h6,9-10,12,15-17H,4-5,7-8,11,13-14,26H2,1-3H3/t16-/m0/s1. The molecule has 1 saturated heterocycles. The maximum Gasteiger partial charge on any atom is 0.260 e. The van der Waals surface area contributed by atoms with Crippen LogP contribution in [0, 0.1) is 0 Å². The van der Waals surface area contributed by atoms with Crippen LogP contribution in [0.25, 0.3) is 11.5 Å². The summed E-state index contributed by atoms with van der Waals surface area (Å²) in [5.74, 6) is 2.09. The molecule has 178 valence electrons. The van der Waals surface area contributed by atoms with Gasteiger partial charge >= 0.3 is 0 Å². The van der Waals surface area contributed by atoms with E-state index in [-0.39, 0.29) is 5.91 Å². The number of hydrogen-bond acceptors (Lipinski definition) is 7. The van der Waals surface area contributed by atoms with Gasteiger partial charge in [-0.15, -0.1) is 10.2 Å². The molecule has 5 heterocycles. The van der Waals surface area contributed by atoms with Gasteiger partial charge in [0.25, 0.3) is 5.91 Å². The zero-order valence-electron chi connectivity index (χ0n) is 20.1. The third-order valence-corrected chi connectivity index (χ3v) is 7.18. The van der Waals surface area contributed by atoms with Crippen LogP contribution in [0.3, 0.4) is 0 Å². The highest BCUT2D eigenvalue weighted by Crippen LogP contribution is 2.34. The fourth-order valence-electron chi connectivity index (χ4n) is 5.20. The minimum Gasteiger partial charge on any atom is -0.354 e. The van der Waals surface area contributed by atoms with Gasteiger partial charge in [-0.3, -0.25) is 9.69 Å². The maximum absolute atomic E-state index is 13.5. The Morgan fingerprint density at radius 3 is 2.71 bits per heavy atom. The molecule has 2 aliphatic rings. The molecule has 9 heteroatoms. The average molecular weight is 461 g/mol. The smallest absolute Gasteiger partial charge is 0.260 e. The predicted octanol–water partition coefficient (Wildman–Crippen LogP) is 3.70. The number of carbonyl (C=O) groups excluding carboxylic acids is 1. The molecular weight excluding hydrogens is 428 g/mol. The Labute approximate surface area is 200 Å². The van der Waals surface area contributed by atoms with Gasteiger partial charge in [0.15, 0.2) is 5.82 Å². The summed E-state index contributed by atoms with van der Waals surface area (Å²) in [5.41, 5.74) is 9.13. The van der Waals surface area contributed by atoms with E-state index in [0.29, 0.717) is 48.1 Å². The van der Waals surface area contributed by atoms with Gasteiger partial charge in [0.1, 0.15) is 23.7 Å². The predicted molar refractivity (Wildman–Crippen MR) is 132 cm³/mol. The third-order valence-electron chi connectivity index (χ3n) is 7.18. The largest absolute Gasteiger partial charge is 0.354 e. The molecule has 1 amide bonds. The Morgan fingerprint density at radius 2 is 2.00 bits per heavy atom. The van der Waals surface area contributed by atoms with E-state index < -0.39 is 0 Å². The average Bonchev–Trinajstić information content (AvgIpc) is 3.59. The summed E-state index contributed by atoms with van der Waals surface area (Å²) < 4.78 is 2.08. The Hall–Kier alpha value is -3.33. The molecular formula is C25H32N8O. The molecule has 0 spiro atoms. The molecule has 0 aliphatic carbocycles. The van der Waals surface area contributed by atoms with Crippen molar-refractivity contribution in [3.8, 4) is 11.5 Å². The van der Waals surface area contributed by atoms with Gasteiger partial charge in [0, 0.05) is 30.7 Å². The molecule has 3 aromatic heterocycles. The van der Waals surface area contributed by atoms with Crippen molar-refractivity contribution < 1.29 is 4.79 Å². The Kier molecular flexibility index (Phi) is 6.03. The summed E-state index contributed by atoms with van der Waals surface area (Å²) in [4.78, 5) is 27.2. The van der Waals surface area contributed by atoms with Crippen LogP contribution in [-0.2, 0) is 13.1 Å². The van der Waals surface area contributed by atoms with Crippen molar-refractivity contribution in [2.45, 2.75) is 71.6 Å². The van der Waals surface area contributed by atoms with Crippen LogP contribution < -0.4 is 15.5 Å². The second kappa shape index (κ2) is 9.13. The van der Waals surface area contributed by atoms with Gasteiger partial charge in [0.2, 0.25) is 0 Å². The van der Waals surface area contributed by atoms with E-state index in [9.17, 15) is 4.79 Å². The first kappa shape index (κ1) is 22.5. The lowest BCUT2D eigenvalue weighted by Gasteiger charge is -2.23. The van der Waals surface area contributed by atoms with Crippen molar-refractivity contribution in [2.75, 3.05) is 16.3 Å². The minimum atomic E-state index is -0.0636. The first-order valence-electron chi connectivity index (χ1n) is 12.2. The monoisotopic (exact) mass is 460 g/mol. The Bertz CT molecular complexity index is 1200. The summed E-state index contributed by atoms with van der Waals surface area (Å²) in [6.45, 7) is 8.18. The summed E-state index contributed by atoms with van der Waals surface area (Å²) in [6, 6.07) is 8.35. The molecule has 2 N–H and O–H groups in total. The zero-order chi connectivity index (χ0) is 23.8. The molecule has 5 rings (SSSR count). The second-order valence-corrected chi connectivity index (χ2v) is 9.15. The van der Waals surface area contributed by atoms with Crippen molar-refractivity contribution >= 4 is 17.5 Å². The SMILES string of the molecule is CCC(CC)n1cnnc1-c1cccc(N2Cc3c(cc(N4CCC[C@@H]4C)nc3CN)C2=O)n1. The quantitative estimate of drug-likeness (QED) is 0.573. The van der Waals surface area contributed by atoms with Gasteiger partial charge in [-0.25, -0.2) is 9.97 Å². The fraction of sp³-hybridized carbons (Fsp3) is 0.480. The topological polar surface area (TPSA) is 106 Å². The van der Waals surface area contributed by atoms with E-state index in [1.165, 1.54) is 0 Å².